The fraction of sp³-hybridized carbons (Fsp3) is 0.774. The predicted molar refractivity (Wildman–Crippen MR) is 140 cm³/mol. The smallest absolute Gasteiger partial charge is 0.107 e. The van der Waals surface area contributed by atoms with E-state index in [1.54, 1.807) is 0 Å². The van der Waals surface area contributed by atoms with Crippen LogP contribution in [-0.2, 0) is 6.42 Å². The molecule has 3 heteroatoms. The van der Waals surface area contributed by atoms with Gasteiger partial charge in [0.1, 0.15) is 5.82 Å². The Bertz CT molecular complexity index is 1040. The maximum absolute atomic E-state index is 10.3. The van der Waals surface area contributed by atoms with Crippen LogP contribution < -0.4 is 0 Å². The van der Waals surface area contributed by atoms with Gasteiger partial charge in [-0.1, -0.05) is 26.8 Å². The first-order chi connectivity index (χ1) is 16.3. The zero-order chi connectivity index (χ0) is 23.7. The van der Waals surface area contributed by atoms with E-state index in [0.717, 1.165) is 60.3 Å². The van der Waals surface area contributed by atoms with Crippen molar-refractivity contribution in [1.82, 2.24) is 9.97 Å². The maximum Gasteiger partial charge on any atom is 0.107 e. The van der Waals surface area contributed by atoms with Crippen LogP contribution in [0.1, 0.15) is 96.4 Å². The predicted octanol–water partition coefficient (Wildman–Crippen LogP) is 7.46. The first kappa shape index (κ1) is 23.1. The molecular weight excluding hydrogens is 416 g/mol. The van der Waals surface area contributed by atoms with Gasteiger partial charge >= 0.3 is 0 Å². The Hall–Kier alpha value is -1.35. The van der Waals surface area contributed by atoms with E-state index in [2.05, 4.69) is 50.9 Å². The minimum atomic E-state index is -0.0315. The number of rotatable bonds is 4. The highest BCUT2D eigenvalue weighted by Crippen LogP contribution is 2.68. The lowest BCUT2D eigenvalue weighted by Crippen LogP contribution is -2.54. The molecule has 4 aliphatic rings. The lowest BCUT2D eigenvalue weighted by Gasteiger charge is -2.61. The normalized spacial score (nSPS) is 42.7. The van der Waals surface area contributed by atoms with Crippen molar-refractivity contribution in [2.75, 3.05) is 0 Å². The molecule has 2 N–H and O–H groups in total. The standard InChI is InChI=1S/C31H46N2O/c1-19-5-11-27-28(17-19)33-29(32-27)12-6-20(2)24-9-10-25-23-8-7-21-18-22(34)13-15-30(21,3)26(23)14-16-31(24,25)4/h5,11,17,20-26,34H,6-10,12-16,18H2,1-4H3,(H,32,33)/t20-,21+,22-,23+,24-,25-,26+,30-,31+/m0/s1. The molecule has 0 spiro atoms. The van der Waals surface area contributed by atoms with Crippen molar-refractivity contribution < 1.29 is 5.11 Å². The number of aromatic amines is 1. The van der Waals surface area contributed by atoms with Crippen LogP contribution in [0.4, 0.5) is 0 Å². The first-order valence-electron chi connectivity index (χ1n) is 14.4. The van der Waals surface area contributed by atoms with E-state index in [0.29, 0.717) is 10.8 Å². The Kier molecular flexibility index (Phi) is 5.67. The highest BCUT2D eigenvalue weighted by Gasteiger charge is 2.60. The maximum atomic E-state index is 10.3. The highest BCUT2D eigenvalue weighted by atomic mass is 16.3. The number of hydrogen-bond donors (Lipinski definition) is 2. The summed E-state index contributed by atoms with van der Waals surface area (Å²) in [5, 5.41) is 10.3. The van der Waals surface area contributed by atoms with Gasteiger partial charge in [-0.15, -0.1) is 0 Å². The summed E-state index contributed by atoms with van der Waals surface area (Å²) in [4.78, 5) is 8.47. The van der Waals surface area contributed by atoms with Crippen molar-refractivity contribution in [2.24, 2.45) is 46.3 Å². The molecule has 1 heterocycles. The third-order valence-corrected chi connectivity index (χ3v) is 11.9. The fourth-order valence-corrected chi connectivity index (χ4v) is 10.1. The number of imidazole rings is 1. The number of nitrogens with one attached hydrogen (secondary N) is 1. The summed E-state index contributed by atoms with van der Waals surface area (Å²) < 4.78 is 0. The van der Waals surface area contributed by atoms with E-state index in [-0.39, 0.29) is 6.10 Å². The quantitative estimate of drug-likeness (QED) is 0.495. The summed E-state index contributed by atoms with van der Waals surface area (Å²) >= 11 is 0. The van der Waals surface area contributed by atoms with Crippen LogP contribution in [-0.4, -0.2) is 21.2 Å². The molecule has 0 saturated heterocycles. The van der Waals surface area contributed by atoms with Gasteiger partial charge in [0.25, 0.3) is 0 Å². The Labute approximate surface area is 206 Å². The summed E-state index contributed by atoms with van der Waals surface area (Å²) in [6, 6.07) is 6.53. The number of aromatic nitrogens is 2. The second kappa shape index (κ2) is 8.36. The average Bonchev–Trinajstić information content (AvgIpc) is 3.37. The van der Waals surface area contributed by atoms with Crippen molar-refractivity contribution in [3.63, 3.8) is 0 Å². The number of hydrogen-bond acceptors (Lipinski definition) is 2. The first-order valence-corrected chi connectivity index (χ1v) is 14.4. The largest absolute Gasteiger partial charge is 0.393 e. The van der Waals surface area contributed by atoms with Crippen LogP contribution in [0.15, 0.2) is 18.2 Å². The van der Waals surface area contributed by atoms with Gasteiger partial charge < -0.3 is 10.1 Å². The van der Waals surface area contributed by atoms with E-state index in [9.17, 15) is 5.11 Å². The van der Waals surface area contributed by atoms with E-state index in [1.165, 1.54) is 68.3 Å². The van der Waals surface area contributed by atoms with Crippen molar-refractivity contribution >= 4 is 11.0 Å². The van der Waals surface area contributed by atoms with E-state index >= 15 is 0 Å². The number of H-pyrrole nitrogens is 1. The molecule has 4 fully saturated rings. The van der Waals surface area contributed by atoms with E-state index < -0.39 is 0 Å². The molecule has 0 radical (unpaired) electrons. The summed E-state index contributed by atoms with van der Waals surface area (Å²) in [5.74, 6) is 6.34. The molecule has 34 heavy (non-hydrogen) atoms. The topological polar surface area (TPSA) is 48.9 Å². The SMILES string of the molecule is Cc1ccc2nc(CC[C@H](C)[C@@H]3CC[C@H]4[C@H]5CC[C@@H]6C[C@@H](O)CC[C@]6(C)[C@@H]5CC[C@@]43C)[nH]c2c1. The molecule has 0 bridgehead atoms. The molecule has 4 saturated carbocycles. The second-order valence-corrected chi connectivity index (χ2v) is 13.5. The van der Waals surface area contributed by atoms with Gasteiger partial charge in [0, 0.05) is 6.42 Å². The summed E-state index contributed by atoms with van der Waals surface area (Å²) in [7, 11) is 0. The molecule has 186 valence electrons. The fourth-order valence-electron chi connectivity index (χ4n) is 10.1. The molecule has 0 aliphatic heterocycles. The van der Waals surface area contributed by atoms with Crippen LogP contribution >= 0.6 is 0 Å². The minimum Gasteiger partial charge on any atom is -0.393 e. The van der Waals surface area contributed by atoms with Crippen LogP contribution in [0.3, 0.4) is 0 Å². The van der Waals surface area contributed by atoms with Crippen molar-refractivity contribution in [3.8, 4) is 0 Å². The Morgan fingerprint density at radius 3 is 2.68 bits per heavy atom. The lowest BCUT2D eigenvalue weighted by atomic mass is 9.44. The number of aliphatic hydroxyl groups is 1. The molecular formula is C31H46N2O. The van der Waals surface area contributed by atoms with Gasteiger partial charge in [0.15, 0.2) is 0 Å². The number of aryl methyl sites for hydroxylation is 2. The average molecular weight is 463 g/mol. The minimum absolute atomic E-state index is 0.0315. The highest BCUT2D eigenvalue weighted by molar-refractivity contribution is 5.75. The van der Waals surface area contributed by atoms with Crippen LogP contribution in [0.5, 0.6) is 0 Å². The van der Waals surface area contributed by atoms with Crippen molar-refractivity contribution in [3.05, 3.63) is 29.6 Å². The summed E-state index contributed by atoms with van der Waals surface area (Å²) in [6.07, 6.45) is 14.2. The number of benzene rings is 1. The second-order valence-electron chi connectivity index (χ2n) is 13.5. The molecule has 1 aromatic heterocycles. The molecule has 2 aromatic rings. The van der Waals surface area contributed by atoms with Crippen LogP contribution in [0, 0.1) is 53.3 Å². The monoisotopic (exact) mass is 462 g/mol. The van der Waals surface area contributed by atoms with Gasteiger partial charge in [-0.05, 0) is 135 Å². The summed E-state index contributed by atoms with van der Waals surface area (Å²) in [6.45, 7) is 9.99. The van der Waals surface area contributed by atoms with Crippen LogP contribution in [0.2, 0.25) is 0 Å². The third kappa shape index (κ3) is 3.59. The Morgan fingerprint density at radius 2 is 1.82 bits per heavy atom. The molecule has 9 atom stereocenters. The van der Waals surface area contributed by atoms with Gasteiger partial charge in [-0.2, -0.15) is 0 Å². The molecule has 4 aliphatic carbocycles. The number of fused-ring (bicyclic) bond motifs is 6. The lowest BCUT2D eigenvalue weighted by molar-refractivity contribution is -0.129. The molecule has 6 rings (SSSR count). The number of nitrogens with zero attached hydrogens (tertiary/aromatic N) is 1. The van der Waals surface area contributed by atoms with Crippen molar-refractivity contribution in [2.45, 2.75) is 104 Å². The molecule has 3 nitrogen and oxygen atoms in total. The van der Waals surface area contributed by atoms with Gasteiger partial charge in [0.2, 0.25) is 0 Å². The number of aliphatic hydroxyl groups excluding tert-OH is 1. The molecule has 1 aromatic carbocycles. The Morgan fingerprint density at radius 1 is 1.03 bits per heavy atom. The summed E-state index contributed by atoms with van der Waals surface area (Å²) in [5.41, 5.74) is 4.62. The van der Waals surface area contributed by atoms with Crippen LogP contribution in [0.25, 0.3) is 11.0 Å². The zero-order valence-corrected chi connectivity index (χ0v) is 21.9. The molecule has 0 unspecified atom stereocenters. The molecule has 0 amide bonds. The van der Waals surface area contributed by atoms with Gasteiger partial charge in [-0.25, -0.2) is 4.98 Å². The third-order valence-electron chi connectivity index (χ3n) is 11.9. The van der Waals surface area contributed by atoms with Gasteiger partial charge in [0.05, 0.1) is 17.1 Å². The van der Waals surface area contributed by atoms with Crippen molar-refractivity contribution in [1.29, 1.82) is 0 Å². The Balaban J connectivity index is 1.15. The zero-order valence-electron chi connectivity index (χ0n) is 21.9. The van der Waals surface area contributed by atoms with E-state index in [4.69, 9.17) is 4.98 Å². The van der Waals surface area contributed by atoms with Gasteiger partial charge in [-0.3, -0.25) is 0 Å². The van der Waals surface area contributed by atoms with E-state index in [1.807, 2.05) is 0 Å².